The summed E-state index contributed by atoms with van der Waals surface area (Å²) in [5.41, 5.74) is 1.10. The first-order valence-electron chi connectivity index (χ1n) is 5.90. The molecule has 0 N–H and O–H groups in total. The Morgan fingerprint density at radius 1 is 1.47 bits per heavy atom. The summed E-state index contributed by atoms with van der Waals surface area (Å²) in [5, 5.41) is 1.95. The van der Waals surface area contributed by atoms with Gasteiger partial charge in [-0.3, -0.25) is 4.79 Å². The average Bonchev–Trinajstić information content (AvgIpc) is 2.74. The molecule has 0 aliphatic rings. The Balaban J connectivity index is 2.52. The van der Waals surface area contributed by atoms with Crippen LogP contribution in [0.1, 0.15) is 23.3 Å². The first-order valence-corrected chi connectivity index (χ1v) is 8.39. The van der Waals surface area contributed by atoms with Crippen LogP contribution >= 0.6 is 11.3 Å². The second-order valence-corrected chi connectivity index (χ2v) is 7.47. The van der Waals surface area contributed by atoms with Crippen LogP contribution in [-0.2, 0) is 26.1 Å². The molecule has 0 atom stereocenters. The molecule has 1 aromatic rings. The molecule has 1 aromatic heterocycles. The van der Waals surface area contributed by atoms with Crippen LogP contribution in [0.3, 0.4) is 0 Å². The zero-order valence-electron chi connectivity index (χ0n) is 11.4. The van der Waals surface area contributed by atoms with Gasteiger partial charge in [0.15, 0.2) is 0 Å². The molecule has 0 aliphatic heterocycles. The molecule has 0 aliphatic carbocycles. The maximum atomic E-state index is 12.0. The van der Waals surface area contributed by atoms with Gasteiger partial charge in [-0.1, -0.05) is 0 Å². The fraction of sp³-hybridized carbons (Fsp3) is 0.583. The highest BCUT2D eigenvalue weighted by Gasteiger charge is 2.19. The van der Waals surface area contributed by atoms with E-state index in [2.05, 4.69) is 4.74 Å². The van der Waals surface area contributed by atoms with E-state index >= 15 is 0 Å². The number of carbonyl (C=O) groups excluding carboxylic acids is 1. The third kappa shape index (κ3) is 4.93. The van der Waals surface area contributed by atoms with Crippen LogP contribution < -0.4 is 0 Å². The number of rotatable bonds is 7. The van der Waals surface area contributed by atoms with E-state index in [4.69, 9.17) is 0 Å². The topological polar surface area (TPSA) is 63.7 Å². The zero-order valence-corrected chi connectivity index (χ0v) is 13.0. The van der Waals surface area contributed by atoms with Gasteiger partial charge in [-0.15, -0.1) is 11.3 Å². The Kier molecular flexibility index (Phi) is 5.96. The molecule has 1 heterocycles. The summed E-state index contributed by atoms with van der Waals surface area (Å²) >= 11 is 1.55. The molecule has 0 fully saturated rings. The Bertz CT molecular complexity index is 522. The molecule has 7 heteroatoms. The van der Waals surface area contributed by atoms with Crippen molar-refractivity contribution < 1.29 is 17.9 Å². The number of sulfonamides is 1. The smallest absolute Gasteiger partial charge is 0.305 e. The van der Waals surface area contributed by atoms with Crippen molar-refractivity contribution in [3.63, 3.8) is 0 Å². The molecular weight excluding hydrogens is 286 g/mol. The second kappa shape index (κ2) is 7.02. The van der Waals surface area contributed by atoms with E-state index < -0.39 is 10.0 Å². The third-order valence-corrected chi connectivity index (χ3v) is 5.71. The Morgan fingerprint density at radius 2 is 2.16 bits per heavy atom. The van der Waals surface area contributed by atoms with Gasteiger partial charge in [0, 0.05) is 24.9 Å². The van der Waals surface area contributed by atoms with Crippen LogP contribution in [0.4, 0.5) is 0 Å². The fourth-order valence-corrected chi connectivity index (χ4v) is 3.71. The molecule has 0 spiro atoms. The molecule has 0 saturated carbocycles. The summed E-state index contributed by atoms with van der Waals surface area (Å²) in [5.74, 6) is -0.421. The average molecular weight is 305 g/mol. The van der Waals surface area contributed by atoms with Crippen LogP contribution in [0.5, 0.6) is 0 Å². The first kappa shape index (κ1) is 16.1. The number of hydrogen-bond donors (Lipinski definition) is 0. The van der Waals surface area contributed by atoms with Gasteiger partial charge < -0.3 is 4.74 Å². The standard InChI is InChI=1S/C12H19NO4S2/c1-10-6-7-18-11(10)9-13(2)19(15,16)8-4-5-12(14)17-3/h6-7H,4-5,8-9H2,1-3H3. The highest BCUT2D eigenvalue weighted by atomic mass is 32.2. The Morgan fingerprint density at radius 3 is 2.68 bits per heavy atom. The van der Waals surface area contributed by atoms with E-state index in [0.29, 0.717) is 6.54 Å². The quantitative estimate of drug-likeness (QED) is 0.720. The molecule has 108 valence electrons. The predicted molar refractivity (Wildman–Crippen MR) is 75.6 cm³/mol. The lowest BCUT2D eigenvalue weighted by Gasteiger charge is -2.16. The van der Waals surface area contributed by atoms with Crippen molar-refractivity contribution >= 4 is 27.3 Å². The first-order chi connectivity index (χ1) is 8.86. The summed E-state index contributed by atoms with van der Waals surface area (Å²) in [6.45, 7) is 2.34. The minimum absolute atomic E-state index is 0.0387. The number of esters is 1. The van der Waals surface area contributed by atoms with Gasteiger partial charge in [-0.05, 0) is 30.4 Å². The number of aryl methyl sites for hydroxylation is 1. The molecule has 0 unspecified atom stereocenters. The lowest BCUT2D eigenvalue weighted by molar-refractivity contribution is -0.140. The number of thiophene rings is 1. The fourth-order valence-electron chi connectivity index (χ4n) is 1.52. The van der Waals surface area contributed by atoms with Gasteiger partial charge in [0.1, 0.15) is 0 Å². The molecule has 5 nitrogen and oxygen atoms in total. The van der Waals surface area contributed by atoms with E-state index in [1.165, 1.54) is 11.4 Å². The lowest BCUT2D eigenvalue weighted by Crippen LogP contribution is -2.29. The predicted octanol–water partition coefficient (Wildman–Crippen LogP) is 1.77. The highest BCUT2D eigenvalue weighted by Crippen LogP contribution is 2.19. The van der Waals surface area contributed by atoms with E-state index in [-0.39, 0.29) is 24.6 Å². The van der Waals surface area contributed by atoms with Crippen LogP contribution in [0.2, 0.25) is 0 Å². The van der Waals surface area contributed by atoms with E-state index in [1.54, 1.807) is 18.4 Å². The van der Waals surface area contributed by atoms with Crippen molar-refractivity contribution in [1.82, 2.24) is 4.31 Å². The number of hydrogen-bond acceptors (Lipinski definition) is 5. The van der Waals surface area contributed by atoms with E-state index in [9.17, 15) is 13.2 Å². The monoisotopic (exact) mass is 305 g/mol. The van der Waals surface area contributed by atoms with Gasteiger partial charge in [-0.2, -0.15) is 4.31 Å². The summed E-state index contributed by atoms with van der Waals surface area (Å²) in [7, 11) is -0.468. The van der Waals surface area contributed by atoms with Crippen molar-refractivity contribution in [2.75, 3.05) is 19.9 Å². The molecule has 0 amide bonds. The van der Waals surface area contributed by atoms with Crippen molar-refractivity contribution in [3.05, 3.63) is 21.9 Å². The Hall–Kier alpha value is -0.920. The molecule has 0 aromatic carbocycles. The summed E-state index contributed by atoms with van der Waals surface area (Å²) in [6, 6.07) is 1.97. The van der Waals surface area contributed by atoms with Gasteiger partial charge in [0.2, 0.25) is 10.0 Å². The van der Waals surface area contributed by atoms with Crippen LogP contribution in [0, 0.1) is 6.92 Å². The molecule has 0 radical (unpaired) electrons. The summed E-state index contributed by atoms with van der Waals surface area (Å²) in [4.78, 5) is 12.0. The van der Waals surface area contributed by atoms with E-state index in [1.807, 2.05) is 18.4 Å². The highest BCUT2D eigenvalue weighted by molar-refractivity contribution is 7.89. The SMILES string of the molecule is COC(=O)CCCS(=O)(=O)N(C)Cc1sccc1C. The summed E-state index contributed by atoms with van der Waals surface area (Å²) < 4.78 is 29.8. The van der Waals surface area contributed by atoms with Gasteiger partial charge in [0.05, 0.1) is 12.9 Å². The molecule has 0 saturated heterocycles. The largest absolute Gasteiger partial charge is 0.469 e. The molecule has 19 heavy (non-hydrogen) atoms. The van der Waals surface area contributed by atoms with Crippen LogP contribution in [0.25, 0.3) is 0 Å². The van der Waals surface area contributed by atoms with Gasteiger partial charge in [0.25, 0.3) is 0 Å². The Labute approximate surface area is 118 Å². The minimum Gasteiger partial charge on any atom is -0.469 e. The number of methoxy groups -OCH3 is 1. The number of ether oxygens (including phenoxy) is 1. The zero-order chi connectivity index (χ0) is 14.5. The van der Waals surface area contributed by atoms with Crippen molar-refractivity contribution in [2.45, 2.75) is 26.3 Å². The van der Waals surface area contributed by atoms with Crippen LogP contribution in [0.15, 0.2) is 11.4 Å². The van der Waals surface area contributed by atoms with Gasteiger partial charge in [-0.25, -0.2) is 8.42 Å². The maximum Gasteiger partial charge on any atom is 0.305 e. The van der Waals surface area contributed by atoms with Crippen molar-refractivity contribution in [2.24, 2.45) is 0 Å². The third-order valence-electron chi connectivity index (χ3n) is 2.82. The molecule has 0 bridgehead atoms. The lowest BCUT2D eigenvalue weighted by atomic mass is 10.3. The van der Waals surface area contributed by atoms with Crippen LogP contribution in [-0.4, -0.2) is 38.6 Å². The normalized spacial score (nSPS) is 11.8. The maximum absolute atomic E-state index is 12.0. The second-order valence-electron chi connectivity index (χ2n) is 4.28. The molecule has 1 rings (SSSR count). The molecular formula is C12H19NO4S2. The summed E-state index contributed by atoms with van der Waals surface area (Å²) in [6.07, 6.45) is 0.407. The van der Waals surface area contributed by atoms with Gasteiger partial charge >= 0.3 is 5.97 Å². The number of nitrogens with zero attached hydrogens (tertiary/aromatic N) is 1. The van der Waals surface area contributed by atoms with Crippen molar-refractivity contribution in [3.8, 4) is 0 Å². The van der Waals surface area contributed by atoms with Crippen molar-refractivity contribution in [1.29, 1.82) is 0 Å². The van der Waals surface area contributed by atoms with E-state index in [0.717, 1.165) is 10.4 Å². The number of carbonyl (C=O) groups is 1. The minimum atomic E-state index is -3.32.